The molecule has 0 spiro atoms. The minimum absolute atomic E-state index is 0.624. The van der Waals surface area contributed by atoms with E-state index in [0.29, 0.717) is 17.5 Å². The molecule has 7 aromatic carbocycles. The number of hydrogen-bond acceptors (Lipinski definition) is 7. The van der Waals surface area contributed by atoms with Gasteiger partial charge in [-0.3, -0.25) is 9.97 Å². The molecule has 0 N–H and O–H groups in total. The molecule has 6 nitrogen and oxygen atoms in total. The van der Waals surface area contributed by atoms with Crippen LogP contribution < -0.4 is 0 Å². The van der Waals surface area contributed by atoms with Gasteiger partial charge in [0.25, 0.3) is 0 Å². The van der Waals surface area contributed by atoms with E-state index in [0.717, 1.165) is 61.7 Å². The average molecular weight is 889 g/mol. The normalized spacial score (nSPS) is 12.5. The Balaban J connectivity index is 1.01. The quantitative estimate of drug-likeness (QED) is 0.143. The minimum atomic E-state index is -0.669. The van der Waals surface area contributed by atoms with E-state index in [4.69, 9.17) is 29.9 Å². The molecule has 68 heavy (non-hydrogen) atoms. The standard InChI is InChI=1S/C61H40N6S/c1-5-17-42(18-6-1)58-65-59(43-19-7-2-8-20-43)67-60(66-58)44-29-27-41(28-30-44)45-31-33-56-50(37-45)61(48-21-9-3-10-22-48,49-23-11-4-12-24-49)51-38-46(32-34-57(51)68-56)47-39-54(52-25-13-15-35-62-52)64-55(40-47)53-26-14-16-36-63-53/h1-40H. The van der Waals surface area contributed by atoms with Gasteiger partial charge in [0.1, 0.15) is 0 Å². The summed E-state index contributed by atoms with van der Waals surface area (Å²) in [7, 11) is 0. The molecule has 320 valence electrons. The molecule has 0 fully saturated rings. The average Bonchev–Trinajstić information content (AvgIpc) is 3.43. The molecule has 0 amide bonds. The lowest BCUT2D eigenvalue weighted by atomic mass is 9.64. The Morgan fingerprint density at radius 3 is 1.10 bits per heavy atom. The van der Waals surface area contributed by atoms with Crippen molar-refractivity contribution in [2.45, 2.75) is 15.2 Å². The Morgan fingerprint density at radius 2 is 0.662 bits per heavy atom. The second-order valence-corrected chi connectivity index (χ2v) is 17.8. The molecule has 0 bridgehead atoms. The first-order valence-electron chi connectivity index (χ1n) is 22.6. The van der Waals surface area contributed by atoms with Gasteiger partial charge in [-0.1, -0.05) is 182 Å². The van der Waals surface area contributed by atoms with Crippen molar-refractivity contribution >= 4 is 11.8 Å². The minimum Gasteiger partial charge on any atom is -0.255 e. The Morgan fingerprint density at radius 1 is 0.279 bits per heavy atom. The maximum absolute atomic E-state index is 5.10. The second-order valence-electron chi connectivity index (χ2n) is 16.7. The summed E-state index contributed by atoms with van der Waals surface area (Å²) in [5, 5.41) is 0. The SMILES string of the molecule is c1ccc(-c2nc(-c3ccccc3)nc(-c3ccc(-c4ccc5c(c4)C(c4ccccc4)(c4ccccc4)c4cc(-c6cc(-c7ccccn7)nc(-c7ccccn7)c6)ccc4S5)cc3)n2)cc1. The number of benzene rings is 7. The van der Waals surface area contributed by atoms with Gasteiger partial charge in [0.2, 0.25) is 0 Å². The van der Waals surface area contributed by atoms with E-state index in [-0.39, 0.29) is 0 Å². The molecule has 4 aromatic heterocycles. The lowest BCUT2D eigenvalue weighted by Gasteiger charge is -2.42. The van der Waals surface area contributed by atoms with Crippen molar-refractivity contribution in [1.82, 2.24) is 29.9 Å². The van der Waals surface area contributed by atoms with Gasteiger partial charge in [0, 0.05) is 38.9 Å². The van der Waals surface area contributed by atoms with Crippen LogP contribution in [0.1, 0.15) is 22.3 Å². The van der Waals surface area contributed by atoms with E-state index >= 15 is 0 Å². The van der Waals surface area contributed by atoms with Gasteiger partial charge in [-0.15, -0.1) is 0 Å². The predicted octanol–water partition coefficient (Wildman–Crippen LogP) is 14.6. The molecule has 1 aliphatic rings. The van der Waals surface area contributed by atoms with Crippen molar-refractivity contribution in [3.63, 3.8) is 0 Å². The van der Waals surface area contributed by atoms with Crippen LogP contribution in [0.25, 0.3) is 79.2 Å². The molecular formula is C61H40N6S. The van der Waals surface area contributed by atoms with Crippen molar-refractivity contribution in [1.29, 1.82) is 0 Å². The molecule has 7 heteroatoms. The van der Waals surface area contributed by atoms with Gasteiger partial charge in [-0.25, -0.2) is 19.9 Å². The highest BCUT2D eigenvalue weighted by Gasteiger charge is 2.44. The summed E-state index contributed by atoms with van der Waals surface area (Å²) in [4.78, 5) is 31.8. The number of nitrogens with zero attached hydrogens (tertiary/aromatic N) is 6. The zero-order chi connectivity index (χ0) is 45.3. The van der Waals surface area contributed by atoms with E-state index in [1.807, 2.05) is 121 Å². The van der Waals surface area contributed by atoms with Crippen LogP contribution in [0.2, 0.25) is 0 Å². The third-order valence-electron chi connectivity index (χ3n) is 12.6. The van der Waals surface area contributed by atoms with Crippen LogP contribution in [0.3, 0.4) is 0 Å². The second kappa shape index (κ2) is 17.6. The van der Waals surface area contributed by atoms with E-state index < -0.39 is 5.41 Å². The first-order chi connectivity index (χ1) is 33.7. The largest absolute Gasteiger partial charge is 0.255 e. The molecule has 0 unspecified atom stereocenters. The molecule has 12 rings (SSSR count). The zero-order valence-corrected chi connectivity index (χ0v) is 37.5. The highest BCUT2D eigenvalue weighted by atomic mass is 32.2. The fraction of sp³-hybridized carbons (Fsp3) is 0.0164. The van der Waals surface area contributed by atoms with E-state index in [1.165, 1.54) is 32.0 Å². The lowest BCUT2D eigenvalue weighted by Crippen LogP contribution is -2.34. The topological polar surface area (TPSA) is 77.3 Å². The molecular weight excluding hydrogens is 849 g/mol. The number of fused-ring (bicyclic) bond motifs is 2. The van der Waals surface area contributed by atoms with Gasteiger partial charge < -0.3 is 0 Å². The number of aromatic nitrogens is 6. The van der Waals surface area contributed by atoms with E-state index in [1.54, 1.807) is 0 Å². The molecule has 5 heterocycles. The maximum Gasteiger partial charge on any atom is 0.164 e. The van der Waals surface area contributed by atoms with E-state index in [9.17, 15) is 0 Å². The predicted molar refractivity (Wildman–Crippen MR) is 274 cm³/mol. The van der Waals surface area contributed by atoms with Gasteiger partial charge in [-0.2, -0.15) is 0 Å². The van der Waals surface area contributed by atoms with Crippen molar-refractivity contribution in [2.24, 2.45) is 0 Å². The molecule has 0 radical (unpaired) electrons. The highest BCUT2D eigenvalue weighted by Crippen LogP contribution is 2.57. The molecule has 0 aliphatic carbocycles. The Labute approximate surface area is 399 Å². The molecule has 0 saturated heterocycles. The third kappa shape index (κ3) is 7.55. The Hall–Kier alpha value is -8.65. The number of hydrogen-bond donors (Lipinski definition) is 0. The molecule has 0 atom stereocenters. The van der Waals surface area contributed by atoms with Crippen molar-refractivity contribution in [2.75, 3.05) is 0 Å². The van der Waals surface area contributed by atoms with Crippen molar-refractivity contribution < 1.29 is 0 Å². The van der Waals surface area contributed by atoms with Gasteiger partial charge in [0.05, 0.1) is 28.2 Å². The van der Waals surface area contributed by atoms with Crippen LogP contribution in [0, 0.1) is 0 Å². The highest BCUT2D eigenvalue weighted by molar-refractivity contribution is 7.99. The lowest BCUT2D eigenvalue weighted by molar-refractivity contribution is 0.703. The van der Waals surface area contributed by atoms with Crippen molar-refractivity contribution in [3.8, 4) is 79.2 Å². The fourth-order valence-electron chi connectivity index (χ4n) is 9.35. The maximum atomic E-state index is 5.10. The summed E-state index contributed by atoms with van der Waals surface area (Å²) >= 11 is 1.83. The van der Waals surface area contributed by atoms with Gasteiger partial charge >= 0.3 is 0 Å². The third-order valence-corrected chi connectivity index (χ3v) is 13.7. The summed E-state index contributed by atoms with van der Waals surface area (Å²) < 4.78 is 0. The van der Waals surface area contributed by atoms with Gasteiger partial charge in [0.15, 0.2) is 17.5 Å². The Bertz CT molecular complexity index is 3400. The number of rotatable bonds is 9. The van der Waals surface area contributed by atoms with Crippen LogP contribution in [0.5, 0.6) is 0 Å². The fourth-order valence-corrected chi connectivity index (χ4v) is 10.5. The first-order valence-corrected chi connectivity index (χ1v) is 23.4. The smallest absolute Gasteiger partial charge is 0.164 e. The van der Waals surface area contributed by atoms with Crippen LogP contribution in [0.15, 0.2) is 253 Å². The summed E-state index contributed by atoms with van der Waals surface area (Å²) in [6.07, 6.45) is 3.63. The van der Waals surface area contributed by atoms with Gasteiger partial charge in [-0.05, 0) is 105 Å². The van der Waals surface area contributed by atoms with Crippen LogP contribution in [0.4, 0.5) is 0 Å². The number of pyridine rings is 3. The summed E-state index contributed by atoms with van der Waals surface area (Å²) in [5.74, 6) is 1.90. The monoisotopic (exact) mass is 888 g/mol. The van der Waals surface area contributed by atoms with Crippen molar-refractivity contribution in [3.05, 3.63) is 265 Å². The zero-order valence-electron chi connectivity index (χ0n) is 36.7. The molecule has 0 saturated carbocycles. The summed E-state index contributed by atoms with van der Waals surface area (Å²) in [5.41, 5.74) is 14.5. The molecule has 1 aliphatic heterocycles. The van der Waals surface area contributed by atoms with Crippen LogP contribution in [-0.4, -0.2) is 29.9 Å². The van der Waals surface area contributed by atoms with Crippen LogP contribution >= 0.6 is 11.8 Å². The first kappa shape index (κ1) is 40.8. The Kier molecular flexibility index (Phi) is 10.6. The summed E-state index contributed by atoms with van der Waals surface area (Å²) in [6, 6.07) is 80.8. The van der Waals surface area contributed by atoms with Crippen LogP contribution in [-0.2, 0) is 5.41 Å². The summed E-state index contributed by atoms with van der Waals surface area (Å²) in [6.45, 7) is 0. The van der Waals surface area contributed by atoms with E-state index in [2.05, 4.69) is 133 Å². The molecule has 11 aromatic rings.